The number of imidazole rings is 1. The number of amides is 1. The molecule has 0 spiro atoms. The third-order valence-corrected chi connectivity index (χ3v) is 6.72. The summed E-state index contributed by atoms with van der Waals surface area (Å²) >= 11 is 0. The molecule has 0 aliphatic carbocycles. The van der Waals surface area contributed by atoms with Crippen LogP contribution in [0.5, 0.6) is 0 Å². The number of halogens is 3. The monoisotopic (exact) mass is 566 g/mol. The van der Waals surface area contributed by atoms with Crippen LogP contribution in [-0.4, -0.2) is 40.4 Å². The molecule has 6 N–H and O–H groups in total. The standard InChI is InChI=1S/C29H29F3N6O3/c30-29(31,32)27(40)41-28(16-25-35-21-11-9-19(17-33)14-23(21)36-25)37-22-12-10-20(15-24(22)38-28)26(39)34-13-5-4-8-18-6-2-1-3-7-18/h1-3,6-7,9-12,14-15,37-38H,4-5,8,13,16-17,33H2,(H,34,39)(H,35,36). The summed E-state index contributed by atoms with van der Waals surface area (Å²) < 4.78 is 44.6. The number of fused-ring (bicyclic) bond motifs is 2. The Balaban J connectivity index is 1.28. The van der Waals surface area contributed by atoms with Gasteiger partial charge < -0.3 is 31.4 Å². The fourth-order valence-electron chi connectivity index (χ4n) is 4.71. The number of alkyl halides is 3. The number of aryl methyl sites for hydroxylation is 1. The number of esters is 1. The minimum Gasteiger partial charge on any atom is -0.413 e. The first kappa shape index (κ1) is 28.0. The molecule has 0 saturated carbocycles. The number of anilines is 2. The Hall–Kier alpha value is -4.58. The number of aromatic amines is 1. The summed E-state index contributed by atoms with van der Waals surface area (Å²) in [5.74, 6) is -4.44. The Morgan fingerprint density at radius 2 is 1.73 bits per heavy atom. The van der Waals surface area contributed by atoms with Gasteiger partial charge in [-0.1, -0.05) is 36.4 Å². The molecule has 1 aromatic heterocycles. The fourth-order valence-corrected chi connectivity index (χ4v) is 4.71. The first-order valence-corrected chi connectivity index (χ1v) is 13.1. The van der Waals surface area contributed by atoms with Gasteiger partial charge in [-0.05, 0) is 60.7 Å². The smallest absolute Gasteiger partial charge is 0.413 e. The molecule has 9 nitrogen and oxygen atoms in total. The normalized spacial score (nSPS) is 16.1. The molecule has 3 aromatic carbocycles. The average molecular weight is 567 g/mol. The SMILES string of the molecule is NCc1ccc2nc(CC3(OC(=O)C(F)(F)F)Nc4ccc(C(=O)NCCCCc5ccccc5)cc4N3)[nH]c2c1. The molecule has 214 valence electrons. The van der Waals surface area contributed by atoms with Gasteiger partial charge in [0.2, 0.25) is 0 Å². The van der Waals surface area contributed by atoms with Gasteiger partial charge >= 0.3 is 12.1 Å². The van der Waals surface area contributed by atoms with E-state index in [2.05, 4.69) is 38.1 Å². The molecular formula is C29H29F3N6O3. The van der Waals surface area contributed by atoms with E-state index in [0.717, 1.165) is 24.8 Å². The van der Waals surface area contributed by atoms with Crippen LogP contribution >= 0.6 is 0 Å². The number of hydrogen-bond acceptors (Lipinski definition) is 7. The number of unbranched alkanes of at least 4 members (excludes halogenated alkanes) is 1. The first-order valence-electron chi connectivity index (χ1n) is 13.1. The second-order valence-corrected chi connectivity index (χ2v) is 9.84. The lowest BCUT2D eigenvalue weighted by Gasteiger charge is -2.29. The van der Waals surface area contributed by atoms with Crippen molar-refractivity contribution in [1.29, 1.82) is 0 Å². The Bertz CT molecular complexity index is 1560. The molecule has 1 atom stereocenters. The molecule has 0 saturated heterocycles. The number of rotatable bonds is 10. The molecule has 1 aliphatic heterocycles. The molecule has 12 heteroatoms. The van der Waals surface area contributed by atoms with E-state index in [1.807, 2.05) is 18.2 Å². The van der Waals surface area contributed by atoms with Crippen molar-refractivity contribution in [2.75, 3.05) is 17.2 Å². The molecule has 41 heavy (non-hydrogen) atoms. The van der Waals surface area contributed by atoms with Crippen molar-refractivity contribution in [3.63, 3.8) is 0 Å². The summed E-state index contributed by atoms with van der Waals surface area (Å²) in [5, 5.41) is 8.55. The minimum atomic E-state index is -5.22. The maximum Gasteiger partial charge on any atom is 0.491 e. The van der Waals surface area contributed by atoms with E-state index >= 15 is 0 Å². The number of nitrogens with one attached hydrogen (secondary N) is 4. The van der Waals surface area contributed by atoms with Crippen molar-refractivity contribution in [1.82, 2.24) is 15.3 Å². The summed E-state index contributed by atoms with van der Waals surface area (Å²) in [6, 6.07) is 20.0. The molecular weight excluding hydrogens is 537 g/mol. The van der Waals surface area contributed by atoms with Crippen LogP contribution in [0.25, 0.3) is 11.0 Å². The number of H-pyrrole nitrogens is 1. The van der Waals surface area contributed by atoms with Gasteiger partial charge in [0.1, 0.15) is 5.82 Å². The molecule has 5 rings (SSSR count). The molecule has 2 heterocycles. The molecule has 0 radical (unpaired) electrons. The summed E-state index contributed by atoms with van der Waals surface area (Å²) in [6.07, 6.45) is -2.91. The number of aromatic nitrogens is 2. The van der Waals surface area contributed by atoms with Crippen molar-refractivity contribution in [3.8, 4) is 0 Å². The molecule has 1 unspecified atom stereocenters. The third-order valence-electron chi connectivity index (χ3n) is 6.72. The van der Waals surface area contributed by atoms with Crippen LogP contribution in [0.1, 0.15) is 40.2 Å². The zero-order chi connectivity index (χ0) is 29.0. The highest BCUT2D eigenvalue weighted by Crippen LogP contribution is 2.38. The van der Waals surface area contributed by atoms with E-state index in [9.17, 15) is 22.8 Å². The van der Waals surface area contributed by atoms with Crippen LogP contribution in [0.2, 0.25) is 0 Å². The number of carbonyl (C=O) groups is 2. The van der Waals surface area contributed by atoms with Gasteiger partial charge in [0.25, 0.3) is 11.8 Å². The zero-order valence-corrected chi connectivity index (χ0v) is 22.0. The van der Waals surface area contributed by atoms with Gasteiger partial charge in [-0.2, -0.15) is 13.2 Å². The van der Waals surface area contributed by atoms with Gasteiger partial charge in [-0.25, -0.2) is 9.78 Å². The Morgan fingerprint density at radius 3 is 2.49 bits per heavy atom. The van der Waals surface area contributed by atoms with E-state index in [1.54, 1.807) is 30.3 Å². The van der Waals surface area contributed by atoms with Crippen LogP contribution in [0.15, 0.2) is 66.7 Å². The fraction of sp³-hybridized carbons (Fsp3) is 0.276. The Kier molecular flexibility index (Phi) is 7.84. The number of nitrogens with zero attached hydrogens (tertiary/aromatic N) is 1. The lowest BCUT2D eigenvalue weighted by molar-refractivity contribution is -0.209. The quantitative estimate of drug-likeness (QED) is 0.140. The van der Waals surface area contributed by atoms with Crippen LogP contribution in [-0.2, 0) is 28.9 Å². The lowest BCUT2D eigenvalue weighted by Crippen LogP contribution is -2.51. The average Bonchev–Trinajstić information content (AvgIpc) is 3.51. The molecule has 0 bridgehead atoms. The Labute approximate surface area is 233 Å². The number of carbonyl (C=O) groups excluding carboxylic acids is 2. The second-order valence-electron chi connectivity index (χ2n) is 9.84. The van der Waals surface area contributed by atoms with Gasteiger partial charge in [-0.15, -0.1) is 0 Å². The van der Waals surface area contributed by atoms with E-state index in [0.29, 0.717) is 41.1 Å². The summed E-state index contributed by atoms with van der Waals surface area (Å²) in [4.78, 5) is 32.2. The first-order chi connectivity index (χ1) is 19.6. The van der Waals surface area contributed by atoms with Crippen LogP contribution in [0, 0.1) is 0 Å². The van der Waals surface area contributed by atoms with Crippen molar-refractivity contribution in [3.05, 3.63) is 89.2 Å². The summed E-state index contributed by atoms with van der Waals surface area (Å²) in [5.41, 5.74) is 9.95. The molecule has 1 aliphatic rings. The lowest BCUT2D eigenvalue weighted by atomic mass is 10.1. The van der Waals surface area contributed by atoms with E-state index < -0.39 is 18.0 Å². The number of nitrogens with two attached hydrogens (primary N) is 1. The highest BCUT2D eigenvalue weighted by Gasteiger charge is 2.49. The summed E-state index contributed by atoms with van der Waals surface area (Å²) in [7, 11) is 0. The van der Waals surface area contributed by atoms with Gasteiger partial charge in [0, 0.05) is 18.7 Å². The van der Waals surface area contributed by atoms with Crippen LogP contribution in [0.3, 0.4) is 0 Å². The maximum atomic E-state index is 13.2. The minimum absolute atomic E-state index is 0.269. The Morgan fingerprint density at radius 1 is 0.951 bits per heavy atom. The highest BCUT2D eigenvalue weighted by atomic mass is 19.4. The van der Waals surface area contributed by atoms with Gasteiger partial charge in [0.05, 0.1) is 28.8 Å². The van der Waals surface area contributed by atoms with Crippen molar-refractivity contribution < 1.29 is 27.5 Å². The van der Waals surface area contributed by atoms with Crippen molar-refractivity contribution in [2.24, 2.45) is 5.73 Å². The van der Waals surface area contributed by atoms with Crippen molar-refractivity contribution >= 4 is 34.3 Å². The van der Waals surface area contributed by atoms with Gasteiger partial charge in [-0.3, -0.25) is 4.79 Å². The number of hydrogen-bond donors (Lipinski definition) is 5. The van der Waals surface area contributed by atoms with E-state index in [-0.39, 0.29) is 18.2 Å². The van der Waals surface area contributed by atoms with Crippen LogP contribution < -0.4 is 21.7 Å². The van der Waals surface area contributed by atoms with E-state index in [1.165, 1.54) is 11.6 Å². The van der Waals surface area contributed by atoms with Crippen molar-refractivity contribution in [2.45, 2.75) is 44.3 Å². The predicted molar refractivity (Wildman–Crippen MR) is 148 cm³/mol. The zero-order valence-electron chi connectivity index (χ0n) is 22.0. The second kappa shape index (κ2) is 11.5. The van der Waals surface area contributed by atoms with Crippen LogP contribution in [0.4, 0.5) is 24.5 Å². The number of benzene rings is 3. The largest absolute Gasteiger partial charge is 0.491 e. The molecule has 1 amide bonds. The van der Waals surface area contributed by atoms with Gasteiger partial charge in [0.15, 0.2) is 0 Å². The highest BCUT2D eigenvalue weighted by molar-refractivity contribution is 5.97. The molecule has 4 aromatic rings. The predicted octanol–water partition coefficient (Wildman–Crippen LogP) is 4.61. The number of ether oxygens (including phenoxy) is 1. The summed E-state index contributed by atoms with van der Waals surface area (Å²) in [6.45, 7) is 0.777. The topological polar surface area (TPSA) is 134 Å². The molecule has 0 fully saturated rings. The maximum absolute atomic E-state index is 13.2. The third kappa shape index (κ3) is 6.60. The van der Waals surface area contributed by atoms with E-state index in [4.69, 9.17) is 10.5 Å².